The molecule has 0 spiro atoms. The second-order valence-corrected chi connectivity index (χ2v) is 6.83. The molecule has 2 aromatic rings. The van der Waals surface area contributed by atoms with Crippen LogP contribution in [0.1, 0.15) is 40.9 Å². The van der Waals surface area contributed by atoms with Crippen molar-refractivity contribution in [3.63, 3.8) is 0 Å². The number of amides is 3. The van der Waals surface area contributed by atoms with Crippen molar-refractivity contribution in [2.75, 3.05) is 7.05 Å². The normalized spacial score (nSPS) is 10.5. The Morgan fingerprint density at radius 3 is 2.12 bits per heavy atom. The molecule has 5 heteroatoms. The summed E-state index contributed by atoms with van der Waals surface area (Å²) in [6.07, 6.45) is 0. The zero-order chi connectivity index (χ0) is 19.1. The molecule has 3 amide bonds. The van der Waals surface area contributed by atoms with Gasteiger partial charge in [-0.25, -0.2) is 4.79 Å². The van der Waals surface area contributed by atoms with Crippen molar-refractivity contribution in [3.05, 3.63) is 70.8 Å². The molecule has 0 aliphatic rings. The maximum atomic E-state index is 12.6. The van der Waals surface area contributed by atoms with Crippen LogP contribution < -0.4 is 10.6 Å². The van der Waals surface area contributed by atoms with E-state index in [0.717, 1.165) is 11.1 Å². The topological polar surface area (TPSA) is 61.4 Å². The van der Waals surface area contributed by atoms with E-state index in [-0.39, 0.29) is 18.0 Å². The SMILES string of the molecule is Cc1ccc(CN(C)C(=O)c2ccc(CNC(=O)NC(C)C)cc2)cc1. The van der Waals surface area contributed by atoms with Gasteiger partial charge in [0.2, 0.25) is 0 Å². The van der Waals surface area contributed by atoms with Gasteiger partial charge in [-0.1, -0.05) is 42.0 Å². The molecule has 0 fully saturated rings. The zero-order valence-corrected chi connectivity index (χ0v) is 15.9. The summed E-state index contributed by atoms with van der Waals surface area (Å²) in [7, 11) is 1.80. The molecular weight excluding hydrogens is 326 g/mol. The van der Waals surface area contributed by atoms with Gasteiger partial charge in [0, 0.05) is 31.7 Å². The first-order valence-corrected chi connectivity index (χ1v) is 8.79. The molecule has 2 rings (SSSR count). The molecule has 0 saturated carbocycles. The summed E-state index contributed by atoms with van der Waals surface area (Å²) in [5, 5.41) is 5.57. The lowest BCUT2D eigenvalue weighted by atomic mass is 10.1. The average Bonchev–Trinajstić information content (AvgIpc) is 2.61. The summed E-state index contributed by atoms with van der Waals surface area (Å²) >= 11 is 0. The smallest absolute Gasteiger partial charge is 0.315 e. The molecule has 0 aliphatic carbocycles. The Labute approximate surface area is 155 Å². The van der Waals surface area contributed by atoms with Gasteiger partial charge in [-0.05, 0) is 44.0 Å². The van der Waals surface area contributed by atoms with Crippen molar-refractivity contribution in [2.24, 2.45) is 0 Å². The van der Waals surface area contributed by atoms with Crippen LogP contribution in [0, 0.1) is 6.92 Å². The Hall–Kier alpha value is -2.82. The lowest BCUT2D eigenvalue weighted by molar-refractivity contribution is 0.0785. The Bertz CT molecular complexity index is 737. The molecule has 0 unspecified atom stereocenters. The van der Waals surface area contributed by atoms with Crippen LogP contribution in [0.2, 0.25) is 0 Å². The minimum Gasteiger partial charge on any atom is -0.337 e. The van der Waals surface area contributed by atoms with Gasteiger partial charge >= 0.3 is 6.03 Å². The van der Waals surface area contributed by atoms with E-state index in [0.29, 0.717) is 18.7 Å². The van der Waals surface area contributed by atoms with Crippen molar-refractivity contribution < 1.29 is 9.59 Å². The fourth-order valence-corrected chi connectivity index (χ4v) is 2.52. The third kappa shape index (κ3) is 5.92. The molecule has 0 bridgehead atoms. The first-order chi connectivity index (χ1) is 12.3. The van der Waals surface area contributed by atoms with Gasteiger partial charge in [0.25, 0.3) is 5.91 Å². The number of aryl methyl sites for hydroxylation is 1. The first-order valence-electron chi connectivity index (χ1n) is 8.79. The highest BCUT2D eigenvalue weighted by Gasteiger charge is 2.12. The maximum absolute atomic E-state index is 12.6. The van der Waals surface area contributed by atoms with E-state index in [4.69, 9.17) is 0 Å². The second kappa shape index (κ2) is 9.04. The molecule has 0 heterocycles. The number of urea groups is 1. The molecule has 0 saturated heterocycles. The lowest BCUT2D eigenvalue weighted by Crippen LogP contribution is -2.39. The van der Waals surface area contributed by atoms with E-state index in [9.17, 15) is 9.59 Å². The van der Waals surface area contributed by atoms with E-state index in [1.54, 1.807) is 24.1 Å². The molecule has 0 atom stereocenters. The predicted octanol–water partition coefficient (Wildman–Crippen LogP) is 3.47. The Morgan fingerprint density at radius 2 is 1.54 bits per heavy atom. The van der Waals surface area contributed by atoms with Gasteiger partial charge in [-0.3, -0.25) is 4.79 Å². The molecule has 26 heavy (non-hydrogen) atoms. The van der Waals surface area contributed by atoms with E-state index in [1.165, 1.54) is 5.56 Å². The van der Waals surface area contributed by atoms with E-state index in [1.807, 2.05) is 57.2 Å². The van der Waals surface area contributed by atoms with Crippen LogP contribution in [0.4, 0.5) is 4.79 Å². The Balaban J connectivity index is 1.91. The predicted molar refractivity (Wildman–Crippen MR) is 104 cm³/mol. The lowest BCUT2D eigenvalue weighted by Gasteiger charge is -2.18. The van der Waals surface area contributed by atoms with Crippen LogP contribution in [-0.4, -0.2) is 29.9 Å². The van der Waals surface area contributed by atoms with E-state index >= 15 is 0 Å². The highest BCUT2D eigenvalue weighted by molar-refractivity contribution is 5.94. The van der Waals surface area contributed by atoms with E-state index in [2.05, 4.69) is 10.6 Å². The molecule has 0 radical (unpaired) electrons. The molecule has 0 aromatic heterocycles. The largest absolute Gasteiger partial charge is 0.337 e. The number of hydrogen-bond donors (Lipinski definition) is 2. The second-order valence-electron chi connectivity index (χ2n) is 6.83. The number of rotatable bonds is 6. The minimum atomic E-state index is -0.196. The van der Waals surface area contributed by atoms with Crippen molar-refractivity contribution in [1.29, 1.82) is 0 Å². The summed E-state index contributed by atoms with van der Waals surface area (Å²) in [6.45, 7) is 6.85. The highest BCUT2D eigenvalue weighted by atomic mass is 16.2. The highest BCUT2D eigenvalue weighted by Crippen LogP contribution is 2.11. The van der Waals surface area contributed by atoms with Gasteiger partial charge in [0.1, 0.15) is 0 Å². The van der Waals surface area contributed by atoms with Gasteiger partial charge in [0.15, 0.2) is 0 Å². The molecule has 2 N–H and O–H groups in total. The third-order valence-electron chi connectivity index (χ3n) is 3.96. The van der Waals surface area contributed by atoms with Crippen LogP contribution in [0.25, 0.3) is 0 Å². The van der Waals surface area contributed by atoms with E-state index < -0.39 is 0 Å². The summed E-state index contributed by atoms with van der Waals surface area (Å²) in [6, 6.07) is 15.4. The molecule has 138 valence electrons. The van der Waals surface area contributed by atoms with Crippen LogP contribution in [0.15, 0.2) is 48.5 Å². The number of nitrogens with one attached hydrogen (secondary N) is 2. The first kappa shape index (κ1) is 19.5. The fourth-order valence-electron chi connectivity index (χ4n) is 2.52. The minimum absolute atomic E-state index is 0.0253. The summed E-state index contributed by atoms with van der Waals surface area (Å²) < 4.78 is 0. The molecular formula is C21H27N3O2. The molecule has 5 nitrogen and oxygen atoms in total. The average molecular weight is 353 g/mol. The van der Waals surface area contributed by atoms with Crippen LogP contribution in [-0.2, 0) is 13.1 Å². The maximum Gasteiger partial charge on any atom is 0.315 e. The Morgan fingerprint density at radius 1 is 0.962 bits per heavy atom. The number of carbonyl (C=O) groups is 2. The third-order valence-corrected chi connectivity index (χ3v) is 3.96. The Kier molecular flexibility index (Phi) is 6.78. The van der Waals surface area contributed by atoms with Crippen molar-refractivity contribution >= 4 is 11.9 Å². The monoisotopic (exact) mass is 353 g/mol. The fraction of sp³-hybridized carbons (Fsp3) is 0.333. The van der Waals surface area contributed by atoms with Gasteiger partial charge < -0.3 is 15.5 Å². The van der Waals surface area contributed by atoms with Crippen molar-refractivity contribution in [1.82, 2.24) is 15.5 Å². The number of benzene rings is 2. The standard InChI is InChI=1S/C21H27N3O2/c1-15(2)23-21(26)22-13-17-9-11-19(12-10-17)20(25)24(4)14-18-7-5-16(3)6-8-18/h5-12,15H,13-14H2,1-4H3,(H2,22,23,26). The van der Waals surface area contributed by atoms with Crippen LogP contribution in [0.3, 0.4) is 0 Å². The molecule has 0 aliphatic heterocycles. The summed E-state index contributed by atoms with van der Waals surface area (Å²) in [5.41, 5.74) is 3.88. The van der Waals surface area contributed by atoms with Crippen LogP contribution >= 0.6 is 0 Å². The van der Waals surface area contributed by atoms with Crippen molar-refractivity contribution in [2.45, 2.75) is 39.9 Å². The number of hydrogen-bond acceptors (Lipinski definition) is 2. The summed E-state index contributed by atoms with van der Waals surface area (Å²) in [4.78, 5) is 25.9. The van der Waals surface area contributed by atoms with Crippen molar-refractivity contribution in [3.8, 4) is 0 Å². The van der Waals surface area contributed by atoms with Gasteiger partial charge in [0.05, 0.1) is 0 Å². The summed E-state index contributed by atoms with van der Waals surface area (Å²) in [5.74, 6) is -0.0253. The number of carbonyl (C=O) groups excluding carboxylic acids is 2. The van der Waals surface area contributed by atoms with Gasteiger partial charge in [-0.2, -0.15) is 0 Å². The quantitative estimate of drug-likeness (QED) is 0.835. The van der Waals surface area contributed by atoms with Gasteiger partial charge in [-0.15, -0.1) is 0 Å². The van der Waals surface area contributed by atoms with Crippen LogP contribution in [0.5, 0.6) is 0 Å². The number of nitrogens with zero attached hydrogens (tertiary/aromatic N) is 1. The zero-order valence-electron chi connectivity index (χ0n) is 15.9. The molecule has 2 aromatic carbocycles.